The van der Waals surface area contributed by atoms with Crippen LogP contribution in [0.25, 0.3) is 0 Å². The van der Waals surface area contributed by atoms with Crippen LogP contribution in [0.3, 0.4) is 0 Å². The van der Waals surface area contributed by atoms with E-state index in [1.807, 2.05) is 11.4 Å². The van der Waals surface area contributed by atoms with Gasteiger partial charge in [-0.05, 0) is 40.9 Å². The molecule has 0 atom stereocenters. The standard InChI is InChI=1S/C13H14N2O3S/c1-18-12-4-2-3-11(13(12)15(16)17)14-7-5-10-6-8-19-9-10/h2-4,6,8-9,14H,5,7H2,1H3. The van der Waals surface area contributed by atoms with Gasteiger partial charge in [0.2, 0.25) is 0 Å². The van der Waals surface area contributed by atoms with Crippen molar-refractivity contribution in [2.45, 2.75) is 6.42 Å². The average Bonchev–Trinajstić information content (AvgIpc) is 2.91. The number of anilines is 1. The number of nitro groups is 1. The fourth-order valence-corrected chi connectivity index (χ4v) is 2.50. The van der Waals surface area contributed by atoms with Gasteiger partial charge in [-0.15, -0.1) is 0 Å². The number of rotatable bonds is 6. The van der Waals surface area contributed by atoms with Gasteiger partial charge >= 0.3 is 5.69 Å². The lowest BCUT2D eigenvalue weighted by Crippen LogP contribution is -2.07. The number of hydrogen-bond acceptors (Lipinski definition) is 5. The third-order valence-electron chi connectivity index (χ3n) is 2.71. The Kier molecular flexibility index (Phi) is 4.35. The minimum Gasteiger partial charge on any atom is -0.490 e. The van der Waals surface area contributed by atoms with Crippen molar-refractivity contribution in [2.75, 3.05) is 19.0 Å². The third kappa shape index (κ3) is 3.23. The molecule has 0 saturated heterocycles. The smallest absolute Gasteiger partial charge is 0.333 e. The molecule has 0 saturated carbocycles. The number of para-hydroxylation sites is 1. The zero-order valence-electron chi connectivity index (χ0n) is 10.5. The molecule has 19 heavy (non-hydrogen) atoms. The number of hydrogen-bond donors (Lipinski definition) is 1. The van der Waals surface area contributed by atoms with E-state index in [2.05, 4.69) is 10.7 Å². The number of ether oxygens (including phenoxy) is 1. The number of methoxy groups -OCH3 is 1. The molecule has 0 amide bonds. The van der Waals surface area contributed by atoms with Crippen LogP contribution >= 0.6 is 11.3 Å². The third-order valence-corrected chi connectivity index (χ3v) is 3.44. The molecule has 1 aromatic heterocycles. The highest BCUT2D eigenvalue weighted by Gasteiger charge is 2.19. The zero-order valence-corrected chi connectivity index (χ0v) is 11.3. The lowest BCUT2D eigenvalue weighted by Gasteiger charge is -2.09. The zero-order chi connectivity index (χ0) is 13.7. The fraction of sp³-hybridized carbons (Fsp3) is 0.231. The number of thiophene rings is 1. The van der Waals surface area contributed by atoms with Crippen molar-refractivity contribution in [1.82, 2.24) is 0 Å². The highest BCUT2D eigenvalue weighted by molar-refractivity contribution is 7.07. The van der Waals surface area contributed by atoms with Crippen LogP contribution in [0.4, 0.5) is 11.4 Å². The summed E-state index contributed by atoms with van der Waals surface area (Å²) < 4.78 is 5.02. The van der Waals surface area contributed by atoms with Crippen LogP contribution in [0, 0.1) is 10.1 Å². The van der Waals surface area contributed by atoms with Crippen LogP contribution in [-0.2, 0) is 6.42 Å². The molecule has 100 valence electrons. The van der Waals surface area contributed by atoms with Crippen molar-refractivity contribution < 1.29 is 9.66 Å². The molecule has 0 unspecified atom stereocenters. The quantitative estimate of drug-likeness (QED) is 0.650. The van der Waals surface area contributed by atoms with E-state index in [0.717, 1.165) is 6.42 Å². The first-order valence-electron chi connectivity index (χ1n) is 5.78. The van der Waals surface area contributed by atoms with Crippen LogP contribution in [0.1, 0.15) is 5.56 Å². The lowest BCUT2D eigenvalue weighted by atomic mass is 10.2. The van der Waals surface area contributed by atoms with E-state index < -0.39 is 4.92 Å². The van der Waals surface area contributed by atoms with Crippen LogP contribution in [0.5, 0.6) is 5.75 Å². The maximum Gasteiger partial charge on any atom is 0.333 e. The lowest BCUT2D eigenvalue weighted by molar-refractivity contribution is -0.384. The van der Waals surface area contributed by atoms with Crippen LogP contribution in [-0.4, -0.2) is 18.6 Å². The van der Waals surface area contributed by atoms with Gasteiger partial charge in [-0.1, -0.05) is 6.07 Å². The number of benzene rings is 1. The molecule has 0 aliphatic rings. The van der Waals surface area contributed by atoms with Gasteiger partial charge in [0.05, 0.1) is 12.0 Å². The molecule has 1 heterocycles. The first-order valence-corrected chi connectivity index (χ1v) is 6.73. The highest BCUT2D eigenvalue weighted by Crippen LogP contribution is 2.34. The van der Waals surface area contributed by atoms with Crippen molar-refractivity contribution >= 4 is 22.7 Å². The van der Waals surface area contributed by atoms with Crippen molar-refractivity contribution in [3.05, 3.63) is 50.7 Å². The summed E-state index contributed by atoms with van der Waals surface area (Å²) >= 11 is 1.64. The Morgan fingerprint density at radius 3 is 2.89 bits per heavy atom. The normalized spacial score (nSPS) is 10.2. The maximum absolute atomic E-state index is 11.1. The SMILES string of the molecule is COc1cccc(NCCc2ccsc2)c1[N+](=O)[O-]. The van der Waals surface area contributed by atoms with Crippen LogP contribution in [0.2, 0.25) is 0 Å². The van der Waals surface area contributed by atoms with Gasteiger partial charge in [0.25, 0.3) is 0 Å². The molecule has 6 heteroatoms. The van der Waals surface area contributed by atoms with E-state index in [1.165, 1.54) is 12.7 Å². The minimum atomic E-state index is -0.425. The van der Waals surface area contributed by atoms with Gasteiger partial charge in [-0.2, -0.15) is 11.3 Å². The largest absolute Gasteiger partial charge is 0.490 e. The van der Waals surface area contributed by atoms with E-state index in [9.17, 15) is 10.1 Å². The summed E-state index contributed by atoms with van der Waals surface area (Å²) in [6, 6.07) is 7.06. The van der Waals surface area contributed by atoms with Gasteiger partial charge in [0.1, 0.15) is 5.69 Å². The van der Waals surface area contributed by atoms with E-state index in [1.54, 1.807) is 29.5 Å². The first-order chi connectivity index (χ1) is 9.22. The Hall–Kier alpha value is -2.08. The topological polar surface area (TPSA) is 64.4 Å². The van der Waals surface area contributed by atoms with E-state index >= 15 is 0 Å². The molecule has 2 rings (SSSR count). The summed E-state index contributed by atoms with van der Waals surface area (Å²) in [6.07, 6.45) is 0.831. The number of nitrogens with zero attached hydrogens (tertiary/aromatic N) is 1. The molecule has 0 radical (unpaired) electrons. The second-order valence-corrected chi connectivity index (χ2v) is 4.70. The van der Waals surface area contributed by atoms with Crippen LogP contribution < -0.4 is 10.1 Å². The Balaban J connectivity index is 2.09. The molecule has 0 aliphatic carbocycles. The molecule has 5 nitrogen and oxygen atoms in total. The Morgan fingerprint density at radius 1 is 1.42 bits per heavy atom. The highest BCUT2D eigenvalue weighted by atomic mass is 32.1. The number of nitrogens with one attached hydrogen (secondary N) is 1. The predicted octanol–water partition coefficient (Wildman–Crippen LogP) is 3.32. The predicted molar refractivity (Wildman–Crippen MR) is 76.2 cm³/mol. The molecule has 2 aromatic rings. The summed E-state index contributed by atoms with van der Waals surface area (Å²) in [5, 5.41) is 18.3. The molecule has 0 aliphatic heterocycles. The monoisotopic (exact) mass is 278 g/mol. The molecular formula is C13H14N2O3S. The van der Waals surface area contributed by atoms with Gasteiger partial charge in [0, 0.05) is 6.54 Å². The summed E-state index contributed by atoms with van der Waals surface area (Å²) in [4.78, 5) is 10.7. The average molecular weight is 278 g/mol. The second kappa shape index (κ2) is 6.19. The molecular weight excluding hydrogens is 264 g/mol. The van der Waals surface area contributed by atoms with Crippen molar-refractivity contribution in [2.24, 2.45) is 0 Å². The maximum atomic E-state index is 11.1. The van der Waals surface area contributed by atoms with E-state index in [0.29, 0.717) is 12.2 Å². The summed E-state index contributed by atoms with van der Waals surface area (Å²) in [5.74, 6) is 0.269. The van der Waals surface area contributed by atoms with Crippen molar-refractivity contribution in [3.63, 3.8) is 0 Å². The van der Waals surface area contributed by atoms with E-state index in [4.69, 9.17) is 4.74 Å². The second-order valence-electron chi connectivity index (χ2n) is 3.92. The fourth-order valence-electron chi connectivity index (χ4n) is 1.79. The Labute approximate surface area is 115 Å². The van der Waals surface area contributed by atoms with Crippen LogP contribution in [0.15, 0.2) is 35.0 Å². The van der Waals surface area contributed by atoms with Gasteiger partial charge in [-0.25, -0.2) is 0 Å². The van der Waals surface area contributed by atoms with Gasteiger partial charge in [0.15, 0.2) is 5.75 Å². The summed E-state index contributed by atoms with van der Waals surface area (Å²) in [6.45, 7) is 0.644. The first kappa shape index (κ1) is 13.4. The minimum absolute atomic E-state index is 0.0182. The molecule has 1 aromatic carbocycles. The molecule has 0 fully saturated rings. The van der Waals surface area contributed by atoms with E-state index in [-0.39, 0.29) is 11.4 Å². The van der Waals surface area contributed by atoms with Gasteiger partial charge < -0.3 is 10.1 Å². The Bertz CT molecular complexity index is 555. The van der Waals surface area contributed by atoms with Gasteiger partial charge in [-0.3, -0.25) is 10.1 Å². The van der Waals surface area contributed by atoms with Crippen molar-refractivity contribution in [3.8, 4) is 5.75 Å². The summed E-state index contributed by atoms with van der Waals surface area (Å²) in [5.41, 5.74) is 1.69. The molecule has 0 bridgehead atoms. The van der Waals surface area contributed by atoms with Crippen molar-refractivity contribution in [1.29, 1.82) is 0 Å². The number of nitro benzene ring substituents is 1. The summed E-state index contributed by atoms with van der Waals surface area (Å²) in [7, 11) is 1.43. The molecule has 0 spiro atoms. The Morgan fingerprint density at radius 2 is 2.26 bits per heavy atom. The molecule has 1 N–H and O–H groups in total.